The Labute approximate surface area is 94.0 Å². The third-order valence-electron chi connectivity index (χ3n) is 4.02. The van der Waals surface area contributed by atoms with Gasteiger partial charge in [0.25, 0.3) is 0 Å². The van der Waals surface area contributed by atoms with Crippen molar-refractivity contribution in [2.24, 2.45) is 11.3 Å². The number of nitrogens with zero attached hydrogens (tertiary/aromatic N) is 1. The molecule has 1 fully saturated rings. The lowest BCUT2D eigenvalue weighted by Crippen LogP contribution is -2.54. The lowest BCUT2D eigenvalue weighted by atomic mass is 9.73. The SMILES string of the molecule is CC(C)C(=O)N1CCCC1(C)C(C)(C)C. The fourth-order valence-electron chi connectivity index (χ4n) is 2.41. The van der Waals surface area contributed by atoms with Crippen molar-refractivity contribution in [1.29, 1.82) is 0 Å². The Hall–Kier alpha value is -0.530. The van der Waals surface area contributed by atoms with E-state index in [0.29, 0.717) is 5.91 Å². The van der Waals surface area contributed by atoms with E-state index < -0.39 is 0 Å². The molecule has 1 aliphatic rings. The van der Waals surface area contributed by atoms with E-state index in [2.05, 4.69) is 32.6 Å². The van der Waals surface area contributed by atoms with Crippen LogP contribution in [0.3, 0.4) is 0 Å². The van der Waals surface area contributed by atoms with E-state index in [1.807, 2.05) is 13.8 Å². The molecule has 1 saturated heterocycles. The quantitative estimate of drug-likeness (QED) is 0.652. The molecule has 0 bridgehead atoms. The van der Waals surface area contributed by atoms with Crippen molar-refractivity contribution in [1.82, 2.24) is 4.90 Å². The number of likely N-dealkylation sites (tertiary alicyclic amines) is 1. The van der Waals surface area contributed by atoms with Gasteiger partial charge in [-0.05, 0) is 25.2 Å². The molecular formula is C13H25NO. The number of hydrogen-bond donors (Lipinski definition) is 0. The number of rotatable bonds is 1. The maximum Gasteiger partial charge on any atom is 0.225 e. The van der Waals surface area contributed by atoms with Gasteiger partial charge in [-0.25, -0.2) is 0 Å². The van der Waals surface area contributed by atoms with Crippen LogP contribution in [-0.4, -0.2) is 22.9 Å². The second-order valence-electron chi connectivity index (χ2n) is 6.27. The van der Waals surface area contributed by atoms with Crippen LogP contribution in [0, 0.1) is 11.3 Å². The van der Waals surface area contributed by atoms with Crippen molar-refractivity contribution < 1.29 is 4.79 Å². The van der Waals surface area contributed by atoms with Gasteiger partial charge in [-0.2, -0.15) is 0 Å². The first-order valence-electron chi connectivity index (χ1n) is 6.01. The van der Waals surface area contributed by atoms with Gasteiger partial charge in [0.05, 0.1) is 0 Å². The topological polar surface area (TPSA) is 20.3 Å². The smallest absolute Gasteiger partial charge is 0.225 e. The Morgan fingerprint density at radius 2 is 1.87 bits per heavy atom. The van der Waals surface area contributed by atoms with Gasteiger partial charge in [-0.3, -0.25) is 4.79 Å². The summed E-state index contributed by atoms with van der Waals surface area (Å²) < 4.78 is 0. The Balaban J connectivity index is 2.95. The first-order chi connectivity index (χ1) is 6.70. The predicted octanol–water partition coefficient (Wildman–Crippen LogP) is 3.07. The first kappa shape index (κ1) is 12.5. The molecule has 1 atom stereocenters. The number of hydrogen-bond acceptors (Lipinski definition) is 1. The van der Waals surface area contributed by atoms with Crippen molar-refractivity contribution in [2.45, 2.75) is 59.9 Å². The molecule has 0 saturated carbocycles. The van der Waals surface area contributed by atoms with Crippen LogP contribution in [0.5, 0.6) is 0 Å². The van der Waals surface area contributed by atoms with Gasteiger partial charge in [-0.15, -0.1) is 0 Å². The normalized spacial score (nSPS) is 27.5. The highest BCUT2D eigenvalue weighted by Crippen LogP contribution is 2.43. The second kappa shape index (κ2) is 3.80. The summed E-state index contributed by atoms with van der Waals surface area (Å²) in [5, 5.41) is 0. The van der Waals surface area contributed by atoms with Crippen molar-refractivity contribution in [3.8, 4) is 0 Å². The molecule has 2 nitrogen and oxygen atoms in total. The molecule has 1 amide bonds. The van der Waals surface area contributed by atoms with Crippen LogP contribution in [0.1, 0.15) is 54.4 Å². The lowest BCUT2D eigenvalue weighted by molar-refractivity contribution is -0.142. The maximum atomic E-state index is 12.1. The number of carbonyl (C=O) groups is 1. The van der Waals surface area contributed by atoms with Crippen LogP contribution >= 0.6 is 0 Å². The minimum atomic E-state index is 0.0361. The molecule has 0 aliphatic carbocycles. The number of amides is 1. The van der Waals surface area contributed by atoms with Gasteiger partial charge < -0.3 is 4.90 Å². The van der Waals surface area contributed by atoms with Crippen molar-refractivity contribution in [3.63, 3.8) is 0 Å². The van der Waals surface area contributed by atoms with Gasteiger partial charge in [0.15, 0.2) is 0 Å². The van der Waals surface area contributed by atoms with E-state index in [-0.39, 0.29) is 16.9 Å². The monoisotopic (exact) mass is 211 g/mol. The minimum Gasteiger partial charge on any atom is -0.337 e. The minimum absolute atomic E-state index is 0.0361. The largest absolute Gasteiger partial charge is 0.337 e. The van der Waals surface area contributed by atoms with Crippen molar-refractivity contribution in [3.05, 3.63) is 0 Å². The average Bonchev–Trinajstić information content (AvgIpc) is 2.46. The predicted molar refractivity (Wildman–Crippen MR) is 63.6 cm³/mol. The van der Waals surface area contributed by atoms with Crippen molar-refractivity contribution in [2.75, 3.05) is 6.54 Å². The maximum absolute atomic E-state index is 12.1. The van der Waals surface area contributed by atoms with E-state index in [0.717, 1.165) is 19.4 Å². The summed E-state index contributed by atoms with van der Waals surface area (Å²) in [5.41, 5.74) is 0.197. The molecule has 1 heterocycles. The Morgan fingerprint density at radius 3 is 2.27 bits per heavy atom. The highest BCUT2D eigenvalue weighted by atomic mass is 16.2. The molecule has 0 aromatic carbocycles. The number of carbonyl (C=O) groups excluding carboxylic acids is 1. The molecule has 88 valence electrons. The Morgan fingerprint density at radius 1 is 1.33 bits per heavy atom. The van der Waals surface area contributed by atoms with E-state index in [4.69, 9.17) is 0 Å². The lowest BCUT2D eigenvalue weighted by Gasteiger charge is -2.46. The van der Waals surface area contributed by atoms with Gasteiger partial charge in [0.1, 0.15) is 0 Å². The first-order valence-corrected chi connectivity index (χ1v) is 6.01. The summed E-state index contributed by atoms with van der Waals surface area (Å²) in [5.74, 6) is 0.426. The molecule has 1 rings (SSSR count). The summed E-state index contributed by atoms with van der Waals surface area (Å²) in [6, 6.07) is 0. The van der Waals surface area contributed by atoms with Crippen LogP contribution in [-0.2, 0) is 4.79 Å². The highest BCUT2D eigenvalue weighted by Gasteiger charge is 2.47. The third kappa shape index (κ3) is 2.04. The van der Waals surface area contributed by atoms with E-state index in [1.54, 1.807) is 0 Å². The molecule has 0 aromatic heterocycles. The Bertz CT molecular complexity index is 252. The zero-order valence-electron chi connectivity index (χ0n) is 11.1. The standard InChI is InChI=1S/C13H25NO/c1-10(2)11(15)14-9-7-8-13(14,6)12(3,4)5/h10H,7-9H2,1-6H3. The molecule has 1 aliphatic heterocycles. The average molecular weight is 211 g/mol. The van der Waals surface area contributed by atoms with Crippen LogP contribution in [0.4, 0.5) is 0 Å². The molecule has 0 spiro atoms. The van der Waals surface area contributed by atoms with E-state index in [9.17, 15) is 4.79 Å². The van der Waals surface area contributed by atoms with Gasteiger partial charge in [0.2, 0.25) is 5.91 Å². The van der Waals surface area contributed by atoms with Crippen LogP contribution in [0.15, 0.2) is 0 Å². The summed E-state index contributed by atoms with van der Waals surface area (Å²) in [6.45, 7) is 13.9. The zero-order valence-corrected chi connectivity index (χ0v) is 11.1. The molecule has 1 unspecified atom stereocenters. The second-order valence-corrected chi connectivity index (χ2v) is 6.27. The van der Waals surface area contributed by atoms with E-state index >= 15 is 0 Å². The molecule has 2 heteroatoms. The molecular weight excluding hydrogens is 186 g/mol. The summed E-state index contributed by atoms with van der Waals surface area (Å²) in [7, 11) is 0. The highest BCUT2D eigenvalue weighted by molar-refractivity contribution is 5.79. The Kier molecular flexibility index (Phi) is 3.18. The van der Waals surface area contributed by atoms with Crippen LogP contribution in [0.2, 0.25) is 0 Å². The summed E-state index contributed by atoms with van der Waals surface area (Å²) >= 11 is 0. The fraction of sp³-hybridized carbons (Fsp3) is 0.923. The molecule has 15 heavy (non-hydrogen) atoms. The molecule has 0 N–H and O–H groups in total. The summed E-state index contributed by atoms with van der Waals surface area (Å²) in [4.78, 5) is 14.2. The third-order valence-corrected chi connectivity index (χ3v) is 4.02. The van der Waals surface area contributed by atoms with E-state index in [1.165, 1.54) is 0 Å². The van der Waals surface area contributed by atoms with Crippen LogP contribution in [0.25, 0.3) is 0 Å². The fourth-order valence-corrected chi connectivity index (χ4v) is 2.41. The van der Waals surface area contributed by atoms with Crippen molar-refractivity contribution >= 4 is 5.91 Å². The zero-order chi connectivity index (χ0) is 11.9. The van der Waals surface area contributed by atoms with Gasteiger partial charge in [0, 0.05) is 18.0 Å². The van der Waals surface area contributed by atoms with Gasteiger partial charge >= 0.3 is 0 Å². The summed E-state index contributed by atoms with van der Waals surface area (Å²) in [6.07, 6.45) is 2.28. The molecule has 0 aromatic rings. The molecule has 0 radical (unpaired) electrons. The van der Waals surface area contributed by atoms with Crippen LogP contribution < -0.4 is 0 Å². The van der Waals surface area contributed by atoms with Gasteiger partial charge in [-0.1, -0.05) is 34.6 Å².